The number of rotatable bonds is 7. The van der Waals surface area contributed by atoms with Gasteiger partial charge in [0.05, 0.1) is 22.8 Å². The molecule has 2 N–H and O–H groups in total. The molecule has 0 radical (unpaired) electrons. The van der Waals surface area contributed by atoms with Crippen LogP contribution < -0.4 is 21.3 Å². The van der Waals surface area contributed by atoms with Gasteiger partial charge >= 0.3 is 11.9 Å². The molecule has 12 heteroatoms. The highest BCUT2D eigenvalue weighted by Gasteiger charge is 2.28. The summed E-state index contributed by atoms with van der Waals surface area (Å²) in [6.45, 7) is 6.31. The van der Waals surface area contributed by atoms with Gasteiger partial charge in [-0.3, -0.25) is 19.1 Å². The molecular weight excluding hydrogens is 455 g/mol. The summed E-state index contributed by atoms with van der Waals surface area (Å²) in [7, 11) is 0. The number of amides is 1. The fourth-order valence-electron chi connectivity index (χ4n) is 3.20. The van der Waals surface area contributed by atoms with Crippen molar-refractivity contribution in [2.45, 2.75) is 46.3 Å². The third-order valence-electron chi connectivity index (χ3n) is 4.73. The number of nitrogens with zero attached hydrogens (tertiary/aromatic N) is 3. The molecule has 0 aliphatic carbocycles. The van der Waals surface area contributed by atoms with Crippen molar-refractivity contribution >= 4 is 22.6 Å². The van der Waals surface area contributed by atoms with Crippen molar-refractivity contribution in [2.24, 2.45) is 5.92 Å². The van der Waals surface area contributed by atoms with Crippen LogP contribution in [0, 0.1) is 5.92 Å². The van der Waals surface area contributed by atoms with E-state index in [1.165, 1.54) is 22.8 Å². The van der Waals surface area contributed by atoms with Gasteiger partial charge in [0, 0.05) is 18.3 Å². The van der Waals surface area contributed by atoms with Crippen LogP contribution >= 0.6 is 0 Å². The molecule has 0 aromatic carbocycles. The molecule has 0 aliphatic heterocycles. The molecule has 0 unspecified atom stereocenters. The average Bonchev–Trinajstić information content (AvgIpc) is 2.74. The fraction of sp³-hybridized carbons (Fsp3) is 0.409. The molecule has 1 amide bonds. The summed E-state index contributed by atoms with van der Waals surface area (Å²) in [6.07, 6.45) is -3.37. The molecule has 3 heterocycles. The third-order valence-corrected chi connectivity index (χ3v) is 4.73. The van der Waals surface area contributed by atoms with Gasteiger partial charge in [-0.1, -0.05) is 27.7 Å². The monoisotopic (exact) mass is 479 g/mol. The van der Waals surface area contributed by atoms with E-state index in [4.69, 9.17) is 0 Å². The number of aromatic amines is 1. The summed E-state index contributed by atoms with van der Waals surface area (Å²) in [6, 6.07) is 3.98. The lowest BCUT2D eigenvalue weighted by molar-refractivity contribution is -0.154. The van der Waals surface area contributed by atoms with E-state index in [1.54, 1.807) is 0 Å². The predicted molar refractivity (Wildman–Crippen MR) is 119 cm³/mol. The van der Waals surface area contributed by atoms with Crippen LogP contribution in [0.4, 0.5) is 18.9 Å². The summed E-state index contributed by atoms with van der Waals surface area (Å²) in [5, 5.41) is 2.53. The first-order valence-corrected chi connectivity index (χ1v) is 10.5. The van der Waals surface area contributed by atoms with Gasteiger partial charge in [-0.2, -0.15) is 13.2 Å². The normalized spacial score (nSPS) is 11.9. The topological polar surface area (TPSA) is 119 Å². The number of hydrogen-bond acceptors (Lipinski definition) is 6. The molecule has 0 atom stereocenters. The Labute approximate surface area is 192 Å². The van der Waals surface area contributed by atoms with Crippen LogP contribution in [-0.4, -0.2) is 38.2 Å². The van der Waals surface area contributed by atoms with Crippen LogP contribution in [-0.2, 0) is 6.54 Å². The van der Waals surface area contributed by atoms with E-state index in [1.807, 2.05) is 27.7 Å². The highest BCUT2D eigenvalue weighted by atomic mass is 19.4. The number of anilines is 1. The molecule has 0 saturated heterocycles. The molecule has 0 bridgehead atoms. The zero-order valence-corrected chi connectivity index (χ0v) is 19.0. The molecule has 182 valence electrons. The second-order valence-corrected chi connectivity index (χ2v) is 8.45. The van der Waals surface area contributed by atoms with Crippen LogP contribution in [0.3, 0.4) is 0 Å². The lowest BCUT2D eigenvalue weighted by atomic mass is 10.0. The third kappa shape index (κ3) is 5.80. The maximum absolute atomic E-state index is 13.1. The van der Waals surface area contributed by atoms with Gasteiger partial charge < -0.3 is 10.1 Å². The first-order valence-electron chi connectivity index (χ1n) is 10.5. The number of ether oxygens (including phenoxy) is 1. The van der Waals surface area contributed by atoms with Gasteiger partial charge in [0.2, 0.25) is 5.88 Å². The van der Waals surface area contributed by atoms with Gasteiger partial charge in [0.25, 0.3) is 11.5 Å². The van der Waals surface area contributed by atoms with Gasteiger partial charge in [0.15, 0.2) is 12.3 Å². The van der Waals surface area contributed by atoms with Gasteiger partial charge in [-0.15, -0.1) is 0 Å². The minimum atomic E-state index is -4.51. The Balaban J connectivity index is 2.02. The van der Waals surface area contributed by atoms with Crippen LogP contribution in [0.2, 0.25) is 0 Å². The van der Waals surface area contributed by atoms with Crippen LogP contribution in [0.1, 0.15) is 49.7 Å². The molecule has 3 aromatic heterocycles. The van der Waals surface area contributed by atoms with Crippen molar-refractivity contribution in [1.82, 2.24) is 19.5 Å². The summed E-state index contributed by atoms with van der Waals surface area (Å²) < 4.78 is 42.7. The highest BCUT2D eigenvalue weighted by molar-refractivity contribution is 6.11. The Kier molecular flexibility index (Phi) is 7.08. The fourth-order valence-corrected chi connectivity index (χ4v) is 3.20. The van der Waals surface area contributed by atoms with Crippen molar-refractivity contribution in [2.75, 3.05) is 11.9 Å². The standard InChI is InChI=1S/C22H24F3N5O4/c1-11(2)9-30-18-17(20(32)29-21(30)33)14(7-15(28-18)12(3)4)19(31)27-13-5-6-16(26-8-13)34-10-22(23,24)25/h5-8,11-12H,9-10H2,1-4H3,(H,27,31)(H,29,32,33). The van der Waals surface area contributed by atoms with E-state index >= 15 is 0 Å². The van der Waals surface area contributed by atoms with Crippen molar-refractivity contribution in [3.8, 4) is 5.88 Å². The van der Waals surface area contributed by atoms with Crippen molar-refractivity contribution in [1.29, 1.82) is 0 Å². The molecule has 3 aromatic rings. The number of alkyl halides is 3. The van der Waals surface area contributed by atoms with Crippen molar-refractivity contribution < 1.29 is 22.7 Å². The van der Waals surface area contributed by atoms with E-state index < -0.39 is 29.9 Å². The SMILES string of the molecule is CC(C)Cn1c(=O)[nH]c(=O)c2c(C(=O)Nc3ccc(OCC(F)(F)F)nc3)cc(C(C)C)nc21. The number of H-pyrrole nitrogens is 1. The second-order valence-electron chi connectivity index (χ2n) is 8.45. The molecular formula is C22H24F3N5O4. The number of aromatic nitrogens is 4. The molecule has 34 heavy (non-hydrogen) atoms. The number of nitrogens with one attached hydrogen (secondary N) is 2. The Morgan fingerprint density at radius 1 is 1.21 bits per heavy atom. The summed E-state index contributed by atoms with van der Waals surface area (Å²) in [5.74, 6) is -0.969. The van der Waals surface area contributed by atoms with Crippen molar-refractivity contribution in [3.05, 3.63) is 56.5 Å². The Bertz CT molecular complexity index is 1310. The summed E-state index contributed by atoms with van der Waals surface area (Å²) in [4.78, 5) is 48.8. The van der Waals surface area contributed by atoms with E-state index in [9.17, 15) is 27.6 Å². The molecule has 0 fully saturated rings. The predicted octanol–water partition coefficient (Wildman–Crippen LogP) is 3.45. The second kappa shape index (κ2) is 9.65. The molecule has 0 aliphatic rings. The average molecular weight is 479 g/mol. The highest BCUT2D eigenvalue weighted by Crippen LogP contribution is 2.22. The van der Waals surface area contributed by atoms with E-state index in [0.29, 0.717) is 5.69 Å². The first kappa shape index (κ1) is 24.9. The number of hydrogen-bond donors (Lipinski definition) is 2. The van der Waals surface area contributed by atoms with E-state index in [0.717, 1.165) is 6.20 Å². The Morgan fingerprint density at radius 2 is 1.91 bits per heavy atom. The number of fused-ring (bicyclic) bond motifs is 1. The minimum Gasteiger partial charge on any atom is -0.468 e. The quantitative estimate of drug-likeness (QED) is 0.536. The van der Waals surface area contributed by atoms with Gasteiger partial charge in [-0.05, 0) is 24.0 Å². The number of pyridine rings is 2. The van der Waals surface area contributed by atoms with Crippen LogP contribution in [0.15, 0.2) is 34.0 Å². The minimum absolute atomic E-state index is 0.00449. The molecule has 0 spiro atoms. The van der Waals surface area contributed by atoms with E-state index in [2.05, 4.69) is 25.0 Å². The zero-order valence-electron chi connectivity index (χ0n) is 19.0. The molecule has 9 nitrogen and oxygen atoms in total. The van der Waals surface area contributed by atoms with Gasteiger partial charge in [0.1, 0.15) is 0 Å². The van der Waals surface area contributed by atoms with Crippen molar-refractivity contribution in [3.63, 3.8) is 0 Å². The largest absolute Gasteiger partial charge is 0.468 e. The maximum atomic E-state index is 13.1. The summed E-state index contributed by atoms with van der Waals surface area (Å²) in [5.41, 5.74) is -0.578. The van der Waals surface area contributed by atoms with Crippen LogP contribution in [0.25, 0.3) is 11.0 Å². The number of carbonyl (C=O) groups is 1. The molecule has 0 saturated carbocycles. The first-order chi connectivity index (χ1) is 15.9. The lowest BCUT2D eigenvalue weighted by Gasteiger charge is -2.16. The number of carbonyl (C=O) groups excluding carboxylic acids is 1. The molecule has 3 rings (SSSR count). The van der Waals surface area contributed by atoms with Gasteiger partial charge in [-0.25, -0.2) is 14.8 Å². The smallest absolute Gasteiger partial charge is 0.422 e. The lowest BCUT2D eigenvalue weighted by Crippen LogP contribution is -2.33. The Morgan fingerprint density at radius 3 is 2.47 bits per heavy atom. The zero-order chi connectivity index (χ0) is 25.2. The van der Waals surface area contributed by atoms with Crippen LogP contribution in [0.5, 0.6) is 5.88 Å². The Hall–Kier alpha value is -3.70. The maximum Gasteiger partial charge on any atom is 0.422 e. The van der Waals surface area contributed by atoms with E-state index in [-0.39, 0.29) is 46.5 Å². The number of halogens is 3. The summed E-state index contributed by atoms with van der Waals surface area (Å²) >= 11 is 0.